The van der Waals surface area contributed by atoms with Crippen LogP contribution >= 0.6 is 11.6 Å². The molecule has 4 nitrogen and oxygen atoms in total. The largest absolute Gasteiger partial charge is 0.310 e. The summed E-state index contributed by atoms with van der Waals surface area (Å²) in [5, 5.41) is 3.10. The highest BCUT2D eigenvalue weighted by Gasteiger charge is 2.18. The lowest BCUT2D eigenvalue weighted by Crippen LogP contribution is -2.17. The van der Waals surface area contributed by atoms with E-state index >= 15 is 0 Å². The van der Waals surface area contributed by atoms with Crippen LogP contribution in [0.3, 0.4) is 0 Å². The highest BCUT2D eigenvalue weighted by molar-refractivity contribution is 6.31. The maximum Gasteiger partial charge on any atom is 0.230 e. The summed E-state index contributed by atoms with van der Waals surface area (Å²) in [6.07, 6.45) is 1.65. The SMILES string of the molecule is O=C(Cc1c(F)cccc1Cl)Nc1c(-c2ccccc2)nc2ccccn12. The Morgan fingerprint density at radius 1 is 1.04 bits per heavy atom. The number of carbonyl (C=O) groups is 1. The molecule has 0 aliphatic rings. The van der Waals surface area contributed by atoms with Gasteiger partial charge in [0, 0.05) is 22.3 Å². The van der Waals surface area contributed by atoms with Crippen molar-refractivity contribution < 1.29 is 9.18 Å². The van der Waals surface area contributed by atoms with E-state index in [4.69, 9.17) is 11.6 Å². The topological polar surface area (TPSA) is 46.4 Å². The molecule has 0 atom stereocenters. The fourth-order valence-corrected chi connectivity index (χ4v) is 3.18. The Morgan fingerprint density at radius 2 is 1.81 bits per heavy atom. The summed E-state index contributed by atoms with van der Waals surface area (Å²) in [7, 11) is 0. The number of halogens is 2. The van der Waals surface area contributed by atoms with Crippen LogP contribution in [0.2, 0.25) is 5.02 Å². The lowest BCUT2D eigenvalue weighted by Gasteiger charge is -2.09. The van der Waals surface area contributed by atoms with Gasteiger partial charge in [-0.15, -0.1) is 0 Å². The molecule has 27 heavy (non-hydrogen) atoms. The average molecular weight is 380 g/mol. The van der Waals surface area contributed by atoms with E-state index in [1.807, 2.05) is 54.7 Å². The Hall–Kier alpha value is -3.18. The van der Waals surface area contributed by atoms with Crippen LogP contribution in [0.1, 0.15) is 5.56 Å². The van der Waals surface area contributed by atoms with E-state index in [2.05, 4.69) is 10.3 Å². The van der Waals surface area contributed by atoms with Gasteiger partial charge in [0.1, 0.15) is 23.0 Å². The molecular formula is C21H15ClFN3O. The molecule has 0 unspecified atom stereocenters. The number of benzene rings is 2. The lowest BCUT2D eigenvalue weighted by molar-refractivity contribution is -0.115. The summed E-state index contributed by atoms with van der Waals surface area (Å²) >= 11 is 6.04. The van der Waals surface area contributed by atoms with Crippen molar-refractivity contribution in [1.82, 2.24) is 9.38 Å². The molecule has 4 aromatic rings. The minimum Gasteiger partial charge on any atom is -0.310 e. The number of nitrogens with zero attached hydrogens (tertiary/aromatic N) is 2. The summed E-state index contributed by atoms with van der Waals surface area (Å²) in [4.78, 5) is 17.3. The Morgan fingerprint density at radius 3 is 2.59 bits per heavy atom. The number of carbonyl (C=O) groups excluding carboxylic acids is 1. The van der Waals surface area contributed by atoms with Gasteiger partial charge in [0.2, 0.25) is 5.91 Å². The highest BCUT2D eigenvalue weighted by atomic mass is 35.5. The molecule has 0 saturated carbocycles. The van der Waals surface area contributed by atoms with E-state index in [0.717, 1.165) is 5.56 Å². The second-order valence-electron chi connectivity index (χ2n) is 6.03. The summed E-state index contributed by atoms with van der Waals surface area (Å²) < 4.78 is 15.8. The number of nitrogens with one attached hydrogen (secondary N) is 1. The standard InChI is InChI=1S/C21H15ClFN3O/c22-16-9-6-10-17(23)15(16)13-19(27)25-21-20(14-7-2-1-3-8-14)24-18-11-4-5-12-26(18)21/h1-12H,13H2,(H,25,27). The van der Waals surface area contributed by atoms with Crippen molar-refractivity contribution in [3.05, 3.63) is 89.3 Å². The van der Waals surface area contributed by atoms with E-state index in [0.29, 0.717) is 17.2 Å². The van der Waals surface area contributed by atoms with Gasteiger partial charge in [-0.3, -0.25) is 9.20 Å². The molecule has 1 N–H and O–H groups in total. The minimum absolute atomic E-state index is 0.167. The van der Waals surface area contributed by atoms with Crippen molar-refractivity contribution in [2.75, 3.05) is 5.32 Å². The molecule has 0 spiro atoms. The molecule has 1 amide bonds. The summed E-state index contributed by atoms with van der Waals surface area (Å²) in [6, 6.07) is 19.5. The van der Waals surface area contributed by atoms with E-state index < -0.39 is 5.82 Å². The van der Waals surface area contributed by atoms with Crippen LogP contribution in [0.25, 0.3) is 16.9 Å². The van der Waals surface area contributed by atoms with Crippen molar-refractivity contribution >= 4 is 29.0 Å². The number of amides is 1. The third-order valence-corrected chi connectivity index (χ3v) is 4.59. The molecule has 0 aliphatic carbocycles. The fourth-order valence-electron chi connectivity index (χ4n) is 2.95. The normalized spacial score (nSPS) is 10.9. The minimum atomic E-state index is -0.501. The average Bonchev–Trinajstić information content (AvgIpc) is 3.04. The van der Waals surface area contributed by atoms with E-state index in [9.17, 15) is 9.18 Å². The van der Waals surface area contributed by atoms with E-state index in [-0.39, 0.29) is 22.9 Å². The van der Waals surface area contributed by atoms with Crippen LogP contribution < -0.4 is 5.32 Å². The molecule has 0 fully saturated rings. The first-order chi connectivity index (χ1) is 13.1. The van der Waals surface area contributed by atoms with Gasteiger partial charge in [-0.1, -0.05) is 54.1 Å². The fraction of sp³-hybridized carbons (Fsp3) is 0.0476. The van der Waals surface area contributed by atoms with E-state index in [1.165, 1.54) is 12.1 Å². The smallest absolute Gasteiger partial charge is 0.230 e. The third kappa shape index (κ3) is 3.41. The number of hydrogen-bond acceptors (Lipinski definition) is 2. The summed E-state index contributed by atoms with van der Waals surface area (Å²) in [5.74, 6) is -0.335. The first-order valence-electron chi connectivity index (χ1n) is 8.39. The van der Waals surface area contributed by atoms with Crippen molar-refractivity contribution in [3.63, 3.8) is 0 Å². The molecular weight excluding hydrogens is 365 g/mol. The van der Waals surface area contributed by atoms with Gasteiger partial charge in [-0.25, -0.2) is 9.37 Å². The number of aromatic nitrogens is 2. The molecule has 6 heteroatoms. The first-order valence-corrected chi connectivity index (χ1v) is 8.76. The van der Waals surface area contributed by atoms with Crippen LogP contribution in [0.15, 0.2) is 72.9 Å². The zero-order valence-electron chi connectivity index (χ0n) is 14.2. The Balaban J connectivity index is 1.72. The van der Waals surface area contributed by atoms with Gasteiger partial charge >= 0.3 is 0 Å². The van der Waals surface area contributed by atoms with Gasteiger partial charge in [0.25, 0.3) is 0 Å². The number of imidazole rings is 1. The lowest BCUT2D eigenvalue weighted by atomic mass is 10.1. The van der Waals surface area contributed by atoms with Crippen LogP contribution in [0, 0.1) is 5.82 Å². The van der Waals surface area contributed by atoms with Gasteiger partial charge in [0.15, 0.2) is 0 Å². The summed E-state index contributed by atoms with van der Waals surface area (Å²) in [5.41, 5.74) is 2.40. The van der Waals surface area contributed by atoms with Crippen molar-refractivity contribution in [2.24, 2.45) is 0 Å². The second-order valence-corrected chi connectivity index (χ2v) is 6.44. The van der Waals surface area contributed by atoms with Crippen LogP contribution in [-0.4, -0.2) is 15.3 Å². The van der Waals surface area contributed by atoms with Crippen LogP contribution in [-0.2, 0) is 11.2 Å². The molecule has 2 heterocycles. The first kappa shape index (κ1) is 17.2. The van der Waals surface area contributed by atoms with Crippen molar-refractivity contribution in [3.8, 4) is 11.3 Å². The zero-order chi connectivity index (χ0) is 18.8. The Labute approximate surface area is 160 Å². The quantitative estimate of drug-likeness (QED) is 0.544. The predicted molar refractivity (Wildman–Crippen MR) is 104 cm³/mol. The molecule has 0 bridgehead atoms. The van der Waals surface area contributed by atoms with Gasteiger partial charge in [-0.05, 0) is 24.3 Å². The number of fused-ring (bicyclic) bond motifs is 1. The molecule has 2 aromatic heterocycles. The number of hydrogen-bond donors (Lipinski definition) is 1. The van der Waals surface area contributed by atoms with Crippen molar-refractivity contribution in [2.45, 2.75) is 6.42 Å². The number of anilines is 1. The van der Waals surface area contributed by atoms with Crippen molar-refractivity contribution in [1.29, 1.82) is 0 Å². The van der Waals surface area contributed by atoms with Gasteiger partial charge in [0.05, 0.1) is 6.42 Å². The number of pyridine rings is 1. The molecule has 0 aliphatic heterocycles. The summed E-state index contributed by atoms with van der Waals surface area (Å²) in [6.45, 7) is 0. The molecule has 4 rings (SSSR count). The number of rotatable bonds is 4. The zero-order valence-corrected chi connectivity index (χ0v) is 14.9. The van der Waals surface area contributed by atoms with Crippen LogP contribution in [0.4, 0.5) is 10.2 Å². The third-order valence-electron chi connectivity index (χ3n) is 4.23. The Kier molecular flexibility index (Phi) is 4.60. The monoisotopic (exact) mass is 379 g/mol. The second kappa shape index (κ2) is 7.21. The van der Waals surface area contributed by atoms with Crippen LogP contribution in [0.5, 0.6) is 0 Å². The van der Waals surface area contributed by atoms with Gasteiger partial charge < -0.3 is 5.32 Å². The van der Waals surface area contributed by atoms with E-state index in [1.54, 1.807) is 10.5 Å². The maximum atomic E-state index is 14.0. The molecule has 0 radical (unpaired) electrons. The maximum absolute atomic E-state index is 14.0. The Bertz CT molecular complexity index is 1100. The molecule has 2 aromatic carbocycles. The molecule has 134 valence electrons. The van der Waals surface area contributed by atoms with Gasteiger partial charge in [-0.2, -0.15) is 0 Å². The predicted octanol–water partition coefficient (Wildman–Crippen LogP) is 4.98. The highest BCUT2D eigenvalue weighted by Crippen LogP contribution is 2.29. The molecule has 0 saturated heterocycles.